The molecule has 4 heteroatoms. The number of nitrogens with one attached hydrogen (secondary N) is 1. The van der Waals surface area contributed by atoms with Crippen molar-refractivity contribution < 1.29 is 9.90 Å². The Morgan fingerprint density at radius 3 is 2.83 bits per heavy atom. The summed E-state index contributed by atoms with van der Waals surface area (Å²) in [6.07, 6.45) is 6.50. The van der Waals surface area contributed by atoms with Gasteiger partial charge >= 0.3 is 5.97 Å². The summed E-state index contributed by atoms with van der Waals surface area (Å²) in [6, 6.07) is 1.90. The quantitative estimate of drug-likeness (QED) is 0.863. The second-order valence-corrected chi connectivity index (χ2v) is 5.34. The van der Waals surface area contributed by atoms with Crippen LogP contribution in [0.1, 0.15) is 43.5 Å². The molecule has 1 aliphatic rings. The van der Waals surface area contributed by atoms with E-state index >= 15 is 0 Å². The van der Waals surface area contributed by atoms with Crippen LogP contribution in [-0.2, 0) is 0 Å². The van der Waals surface area contributed by atoms with Gasteiger partial charge in [-0.05, 0) is 37.2 Å². The third kappa shape index (κ3) is 2.81. The number of rotatable bonds is 3. The van der Waals surface area contributed by atoms with Crippen molar-refractivity contribution in [2.24, 2.45) is 11.8 Å². The summed E-state index contributed by atoms with van der Waals surface area (Å²) < 4.78 is 0. The maximum Gasteiger partial charge on any atom is 0.337 e. The molecule has 1 heterocycles. The molecule has 0 aliphatic heterocycles. The highest BCUT2D eigenvalue weighted by Gasteiger charge is 2.25. The number of pyridine rings is 1. The number of hydrogen-bond acceptors (Lipinski definition) is 3. The number of hydrogen-bond donors (Lipinski definition) is 2. The normalized spacial score (nSPS) is 27.8. The molecule has 0 saturated heterocycles. The maximum absolute atomic E-state index is 11.1. The average molecular weight is 248 g/mol. The van der Waals surface area contributed by atoms with Gasteiger partial charge in [0.05, 0.1) is 17.4 Å². The van der Waals surface area contributed by atoms with Gasteiger partial charge in [0.1, 0.15) is 0 Å². The van der Waals surface area contributed by atoms with Gasteiger partial charge in [-0.1, -0.05) is 13.8 Å². The van der Waals surface area contributed by atoms with Crippen molar-refractivity contribution in [1.82, 2.24) is 4.98 Å². The molecule has 0 aromatic carbocycles. The van der Waals surface area contributed by atoms with Gasteiger partial charge < -0.3 is 10.4 Å². The maximum atomic E-state index is 11.1. The summed E-state index contributed by atoms with van der Waals surface area (Å²) in [5.41, 5.74) is 0.938. The highest BCUT2D eigenvalue weighted by Crippen LogP contribution is 2.31. The van der Waals surface area contributed by atoms with Gasteiger partial charge in [0, 0.05) is 12.2 Å². The Bertz CT molecular complexity index is 434. The van der Waals surface area contributed by atoms with E-state index in [2.05, 4.69) is 24.1 Å². The zero-order valence-corrected chi connectivity index (χ0v) is 10.9. The first-order valence-electron chi connectivity index (χ1n) is 6.51. The second-order valence-electron chi connectivity index (χ2n) is 5.34. The van der Waals surface area contributed by atoms with Crippen LogP contribution < -0.4 is 5.32 Å². The molecule has 3 atom stereocenters. The van der Waals surface area contributed by atoms with Gasteiger partial charge in [-0.3, -0.25) is 4.98 Å². The van der Waals surface area contributed by atoms with E-state index in [4.69, 9.17) is 5.11 Å². The Morgan fingerprint density at radius 1 is 1.39 bits per heavy atom. The molecule has 0 radical (unpaired) electrons. The topological polar surface area (TPSA) is 62.2 Å². The number of carboxylic acid groups (broad SMARTS) is 1. The predicted octanol–water partition coefficient (Wildman–Crippen LogP) is 3.02. The summed E-state index contributed by atoms with van der Waals surface area (Å²) in [4.78, 5) is 15.1. The summed E-state index contributed by atoms with van der Waals surface area (Å²) in [7, 11) is 0. The number of aromatic carboxylic acids is 1. The van der Waals surface area contributed by atoms with Gasteiger partial charge in [-0.15, -0.1) is 0 Å². The number of aromatic nitrogens is 1. The second kappa shape index (κ2) is 5.38. The highest BCUT2D eigenvalue weighted by molar-refractivity contribution is 5.93. The molecule has 0 amide bonds. The fourth-order valence-electron chi connectivity index (χ4n) is 2.59. The lowest BCUT2D eigenvalue weighted by Gasteiger charge is -2.33. The lowest BCUT2D eigenvalue weighted by Crippen LogP contribution is -2.30. The molecule has 98 valence electrons. The molecule has 1 aromatic rings. The predicted molar refractivity (Wildman–Crippen MR) is 70.8 cm³/mol. The van der Waals surface area contributed by atoms with Crippen molar-refractivity contribution in [2.75, 3.05) is 5.32 Å². The van der Waals surface area contributed by atoms with Crippen LogP contribution in [0.3, 0.4) is 0 Å². The SMILES string of the molecule is CC1CCC(Nc2cnccc2C(=O)O)CC1C. The summed E-state index contributed by atoms with van der Waals surface area (Å²) in [5.74, 6) is 0.536. The van der Waals surface area contributed by atoms with Gasteiger partial charge in [0.2, 0.25) is 0 Å². The minimum Gasteiger partial charge on any atom is -0.478 e. The van der Waals surface area contributed by atoms with Crippen molar-refractivity contribution >= 4 is 11.7 Å². The molecule has 2 rings (SSSR count). The molecule has 2 N–H and O–H groups in total. The van der Waals surface area contributed by atoms with Crippen molar-refractivity contribution in [2.45, 2.75) is 39.2 Å². The number of carbonyl (C=O) groups is 1. The van der Waals surface area contributed by atoms with Gasteiger partial charge in [0.15, 0.2) is 0 Å². The number of carboxylic acids is 1. The smallest absolute Gasteiger partial charge is 0.337 e. The van der Waals surface area contributed by atoms with Crippen LogP contribution in [-0.4, -0.2) is 22.1 Å². The Morgan fingerprint density at radius 2 is 2.17 bits per heavy atom. The molecule has 0 bridgehead atoms. The largest absolute Gasteiger partial charge is 0.478 e. The lowest BCUT2D eigenvalue weighted by atomic mass is 9.79. The van der Waals surface area contributed by atoms with Gasteiger partial charge in [-0.25, -0.2) is 4.79 Å². The number of anilines is 1. The number of nitrogens with zero attached hydrogens (tertiary/aromatic N) is 1. The highest BCUT2D eigenvalue weighted by atomic mass is 16.4. The third-order valence-electron chi connectivity index (χ3n) is 4.01. The van der Waals surface area contributed by atoms with E-state index in [0.29, 0.717) is 23.2 Å². The molecule has 1 aromatic heterocycles. The lowest BCUT2D eigenvalue weighted by molar-refractivity contribution is 0.0697. The monoisotopic (exact) mass is 248 g/mol. The van der Waals surface area contributed by atoms with Crippen LogP contribution in [0, 0.1) is 11.8 Å². The molecular weight excluding hydrogens is 228 g/mol. The van der Waals surface area contributed by atoms with Crippen LogP contribution in [0.4, 0.5) is 5.69 Å². The summed E-state index contributed by atoms with van der Waals surface area (Å²) in [6.45, 7) is 4.55. The van der Waals surface area contributed by atoms with Crippen LogP contribution in [0.5, 0.6) is 0 Å². The third-order valence-corrected chi connectivity index (χ3v) is 4.01. The van der Waals surface area contributed by atoms with Crippen LogP contribution in [0.2, 0.25) is 0 Å². The van der Waals surface area contributed by atoms with E-state index in [1.807, 2.05) is 0 Å². The van der Waals surface area contributed by atoms with E-state index < -0.39 is 5.97 Å². The fraction of sp³-hybridized carbons (Fsp3) is 0.571. The standard InChI is InChI=1S/C14H20N2O2/c1-9-3-4-11(7-10(9)2)16-13-8-15-6-5-12(13)14(17)18/h5-6,8-11,16H,3-4,7H2,1-2H3,(H,17,18). The molecular formula is C14H20N2O2. The average Bonchev–Trinajstić information content (AvgIpc) is 2.34. The van der Waals surface area contributed by atoms with E-state index in [0.717, 1.165) is 18.8 Å². The first-order valence-corrected chi connectivity index (χ1v) is 6.51. The van der Waals surface area contributed by atoms with E-state index in [1.165, 1.54) is 12.6 Å². The fourth-order valence-corrected chi connectivity index (χ4v) is 2.59. The first kappa shape index (κ1) is 12.9. The summed E-state index contributed by atoms with van der Waals surface area (Å²) in [5, 5.41) is 12.5. The minimum atomic E-state index is -0.905. The van der Waals surface area contributed by atoms with Crippen molar-refractivity contribution in [3.8, 4) is 0 Å². The molecule has 1 saturated carbocycles. The zero-order chi connectivity index (χ0) is 13.1. The van der Waals surface area contributed by atoms with Gasteiger partial charge in [-0.2, -0.15) is 0 Å². The Labute approximate surface area is 107 Å². The summed E-state index contributed by atoms with van der Waals surface area (Å²) >= 11 is 0. The first-order chi connectivity index (χ1) is 8.58. The van der Waals surface area contributed by atoms with Crippen LogP contribution in [0.25, 0.3) is 0 Å². The Kier molecular flexibility index (Phi) is 3.84. The Balaban J connectivity index is 2.08. The van der Waals surface area contributed by atoms with Crippen LogP contribution >= 0.6 is 0 Å². The Hall–Kier alpha value is -1.58. The van der Waals surface area contributed by atoms with E-state index in [1.54, 1.807) is 12.3 Å². The molecule has 1 aliphatic carbocycles. The molecule has 3 unspecified atom stereocenters. The zero-order valence-electron chi connectivity index (χ0n) is 10.9. The van der Waals surface area contributed by atoms with Gasteiger partial charge in [0.25, 0.3) is 0 Å². The van der Waals surface area contributed by atoms with Crippen LogP contribution in [0.15, 0.2) is 18.5 Å². The molecule has 0 spiro atoms. The van der Waals surface area contributed by atoms with E-state index in [9.17, 15) is 4.79 Å². The van der Waals surface area contributed by atoms with Crippen molar-refractivity contribution in [3.05, 3.63) is 24.0 Å². The molecule has 18 heavy (non-hydrogen) atoms. The van der Waals surface area contributed by atoms with Crippen molar-refractivity contribution in [3.63, 3.8) is 0 Å². The minimum absolute atomic E-state index is 0.302. The van der Waals surface area contributed by atoms with Crippen molar-refractivity contribution in [1.29, 1.82) is 0 Å². The molecule has 1 fully saturated rings. The van der Waals surface area contributed by atoms with E-state index in [-0.39, 0.29) is 0 Å². The molecule has 4 nitrogen and oxygen atoms in total.